The van der Waals surface area contributed by atoms with Crippen molar-refractivity contribution in [1.82, 2.24) is 4.90 Å². The Labute approximate surface area is 85.2 Å². The van der Waals surface area contributed by atoms with Crippen LogP contribution in [0.5, 0.6) is 0 Å². The first-order chi connectivity index (χ1) is 6.85. The Morgan fingerprint density at radius 3 is 2.33 bits per heavy atom. The van der Waals surface area contributed by atoms with Gasteiger partial charge in [0.2, 0.25) is 0 Å². The molecule has 0 atom stereocenters. The molecule has 0 aromatic heterocycles. The molecule has 1 aliphatic rings. The van der Waals surface area contributed by atoms with Crippen molar-refractivity contribution < 1.29 is 22.4 Å². The van der Waals surface area contributed by atoms with Crippen LogP contribution in [-0.4, -0.2) is 36.7 Å². The summed E-state index contributed by atoms with van der Waals surface area (Å²) in [4.78, 5) is 11.7. The van der Waals surface area contributed by atoms with E-state index in [2.05, 4.69) is 0 Å². The van der Waals surface area contributed by atoms with Crippen LogP contribution in [-0.2, 0) is 4.79 Å². The van der Waals surface area contributed by atoms with Crippen molar-refractivity contribution in [3.05, 3.63) is 0 Å². The van der Waals surface area contributed by atoms with Crippen molar-refractivity contribution in [3.63, 3.8) is 0 Å². The maximum absolute atomic E-state index is 12.6. The van der Waals surface area contributed by atoms with Crippen LogP contribution in [0.2, 0.25) is 0 Å². The summed E-state index contributed by atoms with van der Waals surface area (Å²) in [5, 5.41) is 0. The lowest BCUT2D eigenvalue weighted by molar-refractivity contribution is -0.180. The first-order valence-electron chi connectivity index (χ1n) is 4.77. The van der Waals surface area contributed by atoms with Crippen LogP contribution < -0.4 is 0 Å². The standard InChI is InChI=1S/C9H13F4NO/c1-14(5-6-3-2-4-6)8(15)9(12,13)7(10)11/h6-7H,2-5H2,1H3. The molecule has 0 bridgehead atoms. The van der Waals surface area contributed by atoms with E-state index in [9.17, 15) is 22.4 Å². The second-order valence-corrected chi connectivity index (χ2v) is 3.91. The Morgan fingerprint density at radius 1 is 1.47 bits per heavy atom. The Hall–Kier alpha value is -0.810. The van der Waals surface area contributed by atoms with E-state index < -0.39 is 18.3 Å². The lowest BCUT2D eigenvalue weighted by atomic mass is 9.85. The molecular formula is C9H13F4NO. The van der Waals surface area contributed by atoms with Crippen molar-refractivity contribution in [3.8, 4) is 0 Å². The lowest BCUT2D eigenvalue weighted by Crippen LogP contribution is -2.48. The highest BCUT2D eigenvalue weighted by atomic mass is 19.3. The van der Waals surface area contributed by atoms with Gasteiger partial charge in [-0.15, -0.1) is 0 Å². The third kappa shape index (κ3) is 2.60. The number of rotatable bonds is 4. The number of carbonyl (C=O) groups is 1. The summed E-state index contributed by atoms with van der Waals surface area (Å²) < 4.78 is 49.0. The molecule has 1 aliphatic carbocycles. The van der Waals surface area contributed by atoms with Crippen molar-refractivity contribution in [2.75, 3.05) is 13.6 Å². The van der Waals surface area contributed by atoms with Crippen molar-refractivity contribution >= 4 is 5.91 Å². The van der Waals surface area contributed by atoms with Crippen LogP contribution in [0.15, 0.2) is 0 Å². The fraction of sp³-hybridized carbons (Fsp3) is 0.889. The van der Waals surface area contributed by atoms with Gasteiger partial charge in [-0.1, -0.05) is 6.42 Å². The minimum atomic E-state index is -4.56. The first kappa shape index (κ1) is 12.3. The van der Waals surface area contributed by atoms with E-state index in [1.165, 1.54) is 0 Å². The Kier molecular flexibility index (Phi) is 3.57. The van der Waals surface area contributed by atoms with Crippen LogP contribution in [0.1, 0.15) is 19.3 Å². The summed E-state index contributed by atoms with van der Waals surface area (Å²) in [6.45, 7) is 0.140. The van der Waals surface area contributed by atoms with Crippen LogP contribution in [0.25, 0.3) is 0 Å². The molecule has 88 valence electrons. The first-order valence-corrected chi connectivity index (χ1v) is 4.77. The van der Waals surface area contributed by atoms with Gasteiger partial charge in [0.05, 0.1) is 0 Å². The molecule has 0 aromatic rings. The van der Waals surface area contributed by atoms with Crippen LogP contribution in [0, 0.1) is 5.92 Å². The minimum Gasteiger partial charge on any atom is -0.340 e. The molecule has 1 rings (SSSR count). The number of nitrogens with zero attached hydrogens (tertiary/aromatic N) is 1. The normalized spacial score (nSPS) is 17.7. The van der Waals surface area contributed by atoms with Gasteiger partial charge in [0, 0.05) is 13.6 Å². The predicted molar refractivity (Wildman–Crippen MR) is 45.9 cm³/mol. The van der Waals surface area contributed by atoms with Gasteiger partial charge in [0.25, 0.3) is 5.91 Å². The maximum Gasteiger partial charge on any atom is 0.383 e. The predicted octanol–water partition coefficient (Wildman–Crippen LogP) is 2.15. The zero-order valence-electron chi connectivity index (χ0n) is 8.35. The number of halogens is 4. The molecule has 0 N–H and O–H groups in total. The zero-order chi connectivity index (χ0) is 11.6. The SMILES string of the molecule is CN(CC1CCC1)C(=O)C(F)(F)C(F)F. The average molecular weight is 227 g/mol. The zero-order valence-corrected chi connectivity index (χ0v) is 8.35. The largest absolute Gasteiger partial charge is 0.383 e. The number of alkyl halides is 4. The summed E-state index contributed by atoms with van der Waals surface area (Å²) in [5.41, 5.74) is 0. The van der Waals surface area contributed by atoms with E-state index in [0.29, 0.717) is 4.90 Å². The van der Waals surface area contributed by atoms with Gasteiger partial charge in [-0.3, -0.25) is 4.79 Å². The Morgan fingerprint density at radius 2 is 2.00 bits per heavy atom. The van der Waals surface area contributed by atoms with Gasteiger partial charge in [-0.05, 0) is 18.8 Å². The Balaban J connectivity index is 2.50. The van der Waals surface area contributed by atoms with Gasteiger partial charge in [0.1, 0.15) is 0 Å². The third-order valence-electron chi connectivity index (χ3n) is 2.66. The Bertz CT molecular complexity index is 240. The molecular weight excluding hydrogens is 214 g/mol. The lowest BCUT2D eigenvalue weighted by Gasteiger charge is -2.31. The van der Waals surface area contributed by atoms with Crippen molar-refractivity contribution in [2.45, 2.75) is 31.6 Å². The summed E-state index contributed by atoms with van der Waals surface area (Å²) in [5.74, 6) is -6.16. The monoisotopic (exact) mass is 227 g/mol. The highest BCUT2D eigenvalue weighted by molar-refractivity contribution is 5.83. The molecule has 0 heterocycles. The number of amides is 1. The average Bonchev–Trinajstić information content (AvgIpc) is 2.09. The molecule has 0 unspecified atom stereocenters. The van der Waals surface area contributed by atoms with E-state index in [4.69, 9.17) is 0 Å². The van der Waals surface area contributed by atoms with E-state index in [0.717, 1.165) is 26.3 Å². The molecule has 6 heteroatoms. The fourth-order valence-corrected chi connectivity index (χ4v) is 1.49. The number of hydrogen-bond donors (Lipinski definition) is 0. The molecule has 0 aliphatic heterocycles. The topological polar surface area (TPSA) is 20.3 Å². The molecule has 1 fully saturated rings. The van der Waals surface area contributed by atoms with Crippen LogP contribution >= 0.6 is 0 Å². The third-order valence-corrected chi connectivity index (χ3v) is 2.66. The smallest absolute Gasteiger partial charge is 0.340 e. The van der Waals surface area contributed by atoms with Gasteiger partial charge in [-0.25, -0.2) is 8.78 Å². The molecule has 15 heavy (non-hydrogen) atoms. The molecule has 0 aromatic carbocycles. The quantitative estimate of drug-likeness (QED) is 0.674. The molecule has 1 saturated carbocycles. The molecule has 0 saturated heterocycles. The molecule has 2 nitrogen and oxygen atoms in total. The highest BCUT2D eigenvalue weighted by Crippen LogP contribution is 2.29. The van der Waals surface area contributed by atoms with Crippen LogP contribution in [0.3, 0.4) is 0 Å². The van der Waals surface area contributed by atoms with E-state index in [-0.39, 0.29) is 12.5 Å². The van der Waals surface area contributed by atoms with Gasteiger partial charge in [-0.2, -0.15) is 8.78 Å². The second-order valence-electron chi connectivity index (χ2n) is 3.91. The summed E-state index contributed by atoms with van der Waals surface area (Å²) in [6.07, 6.45) is -1.18. The fourth-order valence-electron chi connectivity index (χ4n) is 1.49. The summed E-state index contributed by atoms with van der Waals surface area (Å²) in [7, 11) is 1.14. The molecule has 0 spiro atoms. The second kappa shape index (κ2) is 4.37. The van der Waals surface area contributed by atoms with Crippen LogP contribution in [0.4, 0.5) is 17.6 Å². The number of carbonyl (C=O) groups excluding carboxylic acids is 1. The van der Waals surface area contributed by atoms with Gasteiger partial charge >= 0.3 is 12.3 Å². The van der Waals surface area contributed by atoms with E-state index >= 15 is 0 Å². The molecule has 1 amide bonds. The summed E-state index contributed by atoms with van der Waals surface area (Å²) >= 11 is 0. The van der Waals surface area contributed by atoms with Crippen molar-refractivity contribution in [2.24, 2.45) is 5.92 Å². The minimum absolute atomic E-state index is 0.140. The maximum atomic E-state index is 12.6. The van der Waals surface area contributed by atoms with Gasteiger partial charge < -0.3 is 4.90 Å². The van der Waals surface area contributed by atoms with E-state index in [1.54, 1.807) is 0 Å². The highest BCUT2D eigenvalue weighted by Gasteiger charge is 2.50. The van der Waals surface area contributed by atoms with Gasteiger partial charge in [0.15, 0.2) is 0 Å². The summed E-state index contributed by atoms with van der Waals surface area (Å²) in [6, 6.07) is 0. The van der Waals surface area contributed by atoms with Crippen molar-refractivity contribution in [1.29, 1.82) is 0 Å². The number of hydrogen-bond acceptors (Lipinski definition) is 1. The molecule has 0 radical (unpaired) electrons. The van der Waals surface area contributed by atoms with E-state index in [1.807, 2.05) is 0 Å².